The Balaban J connectivity index is 0.000000861. The molecule has 0 atom stereocenters. The van der Waals surface area contributed by atoms with Gasteiger partial charge in [-0.3, -0.25) is 0 Å². The zero-order valence-corrected chi connectivity index (χ0v) is 11.6. The van der Waals surface area contributed by atoms with Gasteiger partial charge in [-0.05, 0) is 0 Å². The summed E-state index contributed by atoms with van der Waals surface area (Å²) in [5, 5.41) is 0. The monoisotopic (exact) mass is 257 g/mol. The predicted octanol–water partition coefficient (Wildman–Crippen LogP) is 2.73. The van der Waals surface area contributed by atoms with Crippen LogP contribution in [0, 0.1) is 0 Å². The molecule has 5 nitrogen and oxygen atoms in total. The molecule has 0 fully saturated rings. The average molecular weight is 257 g/mol. The molecule has 19 heavy (non-hydrogen) atoms. The number of hydrogen-bond donors (Lipinski definition) is 1. The number of nitrogens with two attached hydrogens (primary N) is 1. The molecule has 0 unspecified atom stereocenters. The van der Waals surface area contributed by atoms with Crippen molar-refractivity contribution in [2.24, 2.45) is 7.05 Å². The molecule has 2 aromatic rings. The van der Waals surface area contributed by atoms with Crippen LogP contribution >= 0.6 is 0 Å². The van der Waals surface area contributed by atoms with Crippen molar-refractivity contribution in [1.82, 2.24) is 19.5 Å². The van der Waals surface area contributed by atoms with E-state index < -0.39 is 0 Å². The van der Waals surface area contributed by atoms with Crippen LogP contribution in [0.4, 0.5) is 5.82 Å². The number of aromatic nitrogens is 4. The highest BCUT2D eigenvalue weighted by Gasteiger charge is 2.10. The lowest BCUT2D eigenvalue weighted by Gasteiger charge is -2.03. The molecule has 0 radical (unpaired) electrons. The topological polar surface area (TPSA) is 69.6 Å². The van der Waals surface area contributed by atoms with Crippen molar-refractivity contribution in [3.8, 4) is 0 Å². The molecule has 0 aliphatic carbocycles. The summed E-state index contributed by atoms with van der Waals surface area (Å²) in [5.74, 6) is 0.885. The van der Waals surface area contributed by atoms with E-state index >= 15 is 0 Å². The summed E-state index contributed by atoms with van der Waals surface area (Å²) in [4.78, 5) is 12.8. The molecule has 2 N–H and O–H groups in total. The molecule has 0 aliphatic heterocycles. The molecule has 2 heterocycles. The van der Waals surface area contributed by atoms with Gasteiger partial charge in [0.2, 0.25) is 0 Å². The molecule has 100 valence electrons. The number of nitrogens with zero attached hydrogens (tertiary/aromatic N) is 4. The van der Waals surface area contributed by atoms with E-state index in [1.165, 1.54) is 0 Å². The maximum absolute atomic E-state index is 5.84. The zero-order valence-electron chi connectivity index (χ0n) is 11.6. The van der Waals surface area contributed by atoms with Gasteiger partial charge in [-0.25, -0.2) is 15.0 Å². The highest BCUT2D eigenvalue weighted by molar-refractivity contribution is 5.84. The van der Waals surface area contributed by atoms with Crippen LogP contribution in [0.25, 0.3) is 16.7 Å². The van der Waals surface area contributed by atoms with Crippen LogP contribution in [0.1, 0.15) is 19.7 Å². The van der Waals surface area contributed by atoms with Crippen LogP contribution in [0.2, 0.25) is 0 Å². The highest BCUT2D eigenvalue weighted by atomic mass is 15.1. The quantitative estimate of drug-likeness (QED) is 0.858. The molecular formula is C14H19N5. The summed E-state index contributed by atoms with van der Waals surface area (Å²) in [6.45, 7) is 11.4. The lowest BCUT2D eigenvalue weighted by atomic mass is 10.2. The Hall–Kier alpha value is -2.43. The molecule has 0 aromatic carbocycles. The highest BCUT2D eigenvalue weighted by Crippen LogP contribution is 2.19. The summed E-state index contributed by atoms with van der Waals surface area (Å²) in [6.07, 6.45) is 6.76. The third kappa shape index (κ3) is 2.88. The maximum Gasteiger partial charge on any atom is 0.165 e. The van der Waals surface area contributed by atoms with Gasteiger partial charge < -0.3 is 10.3 Å². The molecule has 2 rings (SSSR count). The lowest BCUT2D eigenvalue weighted by Crippen LogP contribution is -2.01. The molecule has 2 aromatic heterocycles. The SMILES string of the molecule is C=C/C=C(\C=C)c1nc(N)c2ncn(C)c2n1.CC. The molecule has 0 saturated heterocycles. The summed E-state index contributed by atoms with van der Waals surface area (Å²) >= 11 is 0. The Bertz CT molecular complexity index is 622. The minimum absolute atomic E-state index is 0.363. The van der Waals surface area contributed by atoms with Gasteiger partial charge in [0.05, 0.1) is 6.33 Å². The van der Waals surface area contributed by atoms with Crippen LogP contribution in [0.15, 0.2) is 37.7 Å². The number of allylic oxidation sites excluding steroid dienone is 4. The third-order valence-corrected chi connectivity index (χ3v) is 2.36. The van der Waals surface area contributed by atoms with Crippen LogP contribution in [-0.4, -0.2) is 19.5 Å². The van der Waals surface area contributed by atoms with Gasteiger partial charge in [0.1, 0.15) is 5.52 Å². The van der Waals surface area contributed by atoms with Crippen molar-refractivity contribution in [2.45, 2.75) is 13.8 Å². The van der Waals surface area contributed by atoms with Crippen molar-refractivity contribution in [3.05, 3.63) is 43.5 Å². The van der Waals surface area contributed by atoms with Crippen LogP contribution < -0.4 is 5.73 Å². The molecule has 0 bridgehead atoms. The third-order valence-electron chi connectivity index (χ3n) is 2.36. The molecule has 0 spiro atoms. The summed E-state index contributed by atoms with van der Waals surface area (Å²) in [6, 6.07) is 0. The predicted molar refractivity (Wildman–Crippen MR) is 80.4 cm³/mol. The summed E-state index contributed by atoms with van der Waals surface area (Å²) in [5.41, 5.74) is 7.93. The number of fused-ring (bicyclic) bond motifs is 1. The van der Waals surface area contributed by atoms with Gasteiger partial charge in [-0.15, -0.1) is 0 Å². The Labute approximate surface area is 113 Å². The van der Waals surface area contributed by atoms with Crippen LogP contribution in [0.3, 0.4) is 0 Å². The normalized spacial score (nSPS) is 10.8. The van der Waals surface area contributed by atoms with Crippen molar-refractivity contribution in [1.29, 1.82) is 0 Å². The van der Waals surface area contributed by atoms with Crippen molar-refractivity contribution < 1.29 is 0 Å². The minimum atomic E-state index is 0.363. The number of hydrogen-bond acceptors (Lipinski definition) is 4. The fourth-order valence-electron chi connectivity index (χ4n) is 1.52. The standard InChI is InChI=1S/C12H13N5.C2H6/c1-4-6-8(5-2)11-15-10(13)9-12(16-11)17(3)7-14-9;1-2/h4-7H,1-2H2,3H3,(H2,13,15,16);1-2H3/b8-6+;. The van der Waals surface area contributed by atoms with E-state index in [1.54, 1.807) is 29.1 Å². The number of nitrogen functional groups attached to an aromatic ring is 1. The van der Waals surface area contributed by atoms with Gasteiger partial charge in [0, 0.05) is 12.6 Å². The number of imidazole rings is 1. The lowest BCUT2D eigenvalue weighted by molar-refractivity contribution is 0.926. The molecule has 0 aliphatic rings. The molecule has 0 amide bonds. The van der Waals surface area contributed by atoms with Crippen molar-refractivity contribution in [2.75, 3.05) is 5.73 Å². The zero-order chi connectivity index (χ0) is 14.4. The van der Waals surface area contributed by atoms with Gasteiger partial charge >= 0.3 is 0 Å². The van der Waals surface area contributed by atoms with Gasteiger partial charge in [-0.2, -0.15) is 0 Å². The Kier molecular flexibility index (Phi) is 5.00. The number of aryl methyl sites for hydroxylation is 1. The van der Waals surface area contributed by atoms with E-state index in [0.29, 0.717) is 22.8 Å². The van der Waals surface area contributed by atoms with Crippen LogP contribution in [0.5, 0.6) is 0 Å². The second kappa shape index (κ2) is 6.49. The average Bonchev–Trinajstić information content (AvgIpc) is 2.81. The first-order valence-corrected chi connectivity index (χ1v) is 6.07. The van der Waals surface area contributed by atoms with Crippen molar-refractivity contribution in [3.63, 3.8) is 0 Å². The second-order valence-corrected chi connectivity index (χ2v) is 3.52. The Morgan fingerprint density at radius 1 is 1.32 bits per heavy atom. The largest absolute Gasteiger partial charge is 0.382 e. The maximum atomic E-state index is 5.84. The Morgan fingerprint density at radius 3 is 2.58 bits per heavy atom. The van der Waals surface area contributed by atoms with E-state index in [9.17, 15) is 0 Å². The minimum Gasteiger partial charge on any atom is -0.382 e. The Morgan fingerprint density at radius 2 is 2.00 bits per heavy atom. The number of anilines is 1. The van der Waals surface area contributed by atoms with E-state index in [2.05, 4.69) is 28.1 Å². The first kappa shape index (κ1) is 14.6. The molecular weight excluding hydrogens is 238 g/mol. The van der Waals surface area contributed by atoms with Gasteiger partial charge in [0.15, 0.2) is 17.3 Å². The van der Waals surface area contributed by atoms with Crippen molar-refractivity contribution >= 4 is 22.6 Å². The summed E-state index contributed by atoms with van der Waals surface area (Å²) in [7, 11) is 1.86. The smallest absolute Gasteiger partial charge is 0.165 e. The molecule has 0 saturated carbocycles. The summed E-state index contributed by atoms with van der Waals surface area (Å²) < 4.78 is 1.80. The number of rotatable bonds is 3. The fraction of sp³-hybridized carbons (Fsp3) is 0.214. The van der Waals surface area contributed by atoms with Gasteiger partial charge in [-0.1, -0.05) is 45.2 Å². The van der Waals surface area contributed by atoms with E-state index in [0.717, 1.165) is 5.57 Å². The van der Waals surface area contributed by atoms with E-state index in [-0.39, 0.29) is 0 Å². The first-order chi connectivity index (χ1) is 9.17. The van der Waals surface area contributed by atoms with Gasteiger partial charge in [0.25, 0.3) is 0 Å². The second-order valence-electron chi connectivity index (χ2n) is 3.52. The molecule has 5 heteroatoms. The fourth-order valence-corrected chi connectivity index (χ4v) is 1.52. The van der Waals surface area contributed by atoms with Crippen LogP contribution in [-0.2, 0) is 7.05 Å². The van der Waals surface area contributed by atoms with E-state index in [1.807, 2.05) is 20.9 Å². The van der Waals surface area contributed by atoms with E-state index in [4.69, 9.17) is 5.73 Å². The first-order valence-electron chi connectivity index (χ1n) is 6.07.